The normalized spacial score (nSPS) is 10.4. The Bertz CT molecular complexity index is 508. The molecule has 2 aromatic rings. The van der Waals surface area contributed by atoms with Crippen molar-refractivity contribution in [2.45, 2.75) is 0 Å². The van der Waals surface area contributed by atoms with Crippen molar-refractivity contribution in [3.63, 3.8) is 0 Å². The Hall–Kier alpha value is -0.0300. The largest absolute Gasteiger partial charge is 0.455 e. The van der Waals surface area contributed by atoms with Crippen molar-refractivity contribution >= 4 is 59.4 Å². The van der Waals surface area contributed by atoms with Crippen LogP contribution in [0.5, 0.6) is 11.5 Å². The smallest absolute Gasteiger partial charge is 0.141 e. The van der Waals surface area contributed by atoms with Crippen molar-refractivity contribution < 1.29 is 4.74 Å². The van der Waals surface area contributed by atoms with Crippen LogP contribution in [-0.2, 0) is 0 Å². The second-order valence-electron chi connectivity index (χ2n) is 3.25. The van der Waals surface area contributed by atoms with Gasteiger partial charge in [0.15, 0.2) is 0 Å². The molecule has 0 aliphatic carbocycles. The van der Waals surface area contributed by atoms with Gasteiger partial charge in [-0.15, -0.1) is 0 Å². The average Bonchev–Trinajstić information content (AvgIpc) is 2.25. The van der Waals surface area contributed by atoms with Gasteiger partial charge >= 0.3 is 0 Å². The Labute approximate surface area is 130 Å². The van der Waals surface area contributed by atoms with Gasteiger partial charge in [-0.25, -0.2) is 0 Å². The molecule has 0 unspecified atom stereocenters. The quantitative estimate of drug-likeness (QED) is 0.523. The summed E-state index contributed by atoms with van der Waals surface area (Å²) in [6.07, 6.45) is 0. The molecular weight excluding hydrogens is 435 g/mol. The van der Waals surface area contributed by atoms with E-state index in [-0.39, 0.29) is 0 Å². The second-order valence-corrected chi connectivity index (χ2v) is 6.31. The van der Waals surface area contributed by atoms with Crippen LogP contribution in [0.15, 0.2) is 49.8 Å². The van der Waals surface area contributed by atoms with Crippen LogP contribution in [0.1, 0.15) is 0 Å². The van der Waals surface area contributed by atoms with Crippen molar-refractivity contribution in [1.82, 2.24) is 0 Å². The molecule has 0 spiro atoms. The van der Waals surface area contributed by atoms with E-state index >= 15 is 0 Å². The summed E-state index contributed by atoms with van der Waals surface area (Å²) < 4.78 is 8.47. The van der Waals surface area contributed by atoms with Gasteiger partial charge in [0.2, 0.25) is 0 Å². The number of hydrogen-bond acceptors (Lipinski definition) is 1. The number of ether oxygens (including phenoxy) is 1. The number of halogens is 4. The van der Waals surface area contributed by atoms with Crippen LogP contribution in [-0.4, -0.2) is 0 Å². The summed E-state index contributed by atoms with van der Waals surface area (Å²) in [4.78, 5) is 0. The van der Waals surface area contributed by atoms with Gasteiger partial charge < -0.3 is 4.74 Å². The molecule has 0 amide bonds. The zero-order valence-corrected chi connectivity index (χ0v) is 13.9. The summed E-state index contributed by atoms with van der Waals surface area (Å²) in [6, 6.07) is 11.1. The Morgan fingerprint density at radius 3 is 2.00 bits per heavy atom. The topological polar surface area (TPSA) is 9.23 Å². The minimum atomic E-state index is 0.666. The van der Waals surface area contributed by atoms with Gasteiger partial charge in [0.05, 0.1) is 8.95 Å². The molecule has 0 saturated heterocycles. The van der Waals surface area contributed by atoms with Crippen molar-refractivity contribution in [3.05, 3.63) is 54.8 Å². The molecule has 2 aromatic carbocycles. The summed E-state index contributed by atoms with van der Waals surface area (Å²) in [7, 11) is 0. The van der Waals surface area contributed by atoms with Crippen LogP contribution in [0.2, 0.25) is 5.02 Å². The highest BCUT2D eigenvalue weighted by atomic mass is 79.9. The molecule has 0 bridgehead atoms. The Kier molecular flexibility index (Phi) is 4.53. The van der Waals surface area contributed by atoms with E-state index in [1.807, 2.05) is 24.3 Å². The van der Waals surface area contributed by atoms with E-state index in [1.54, 1.807) is 12.1 Å². The van der Waals surface area contributed by atoms with Gasteiger partial charge in [-0.1, -0.05) is 27.5 Å². The predicted molar refractivity (Wildman–Crippen MR) is 81.1 cm³/mol. The van der Waals surface area contributed by atoms with Crippen molar-refractivity contribution in [3.8, 4) is 11.5 Å². The molecule has 0 N–H and O–H groups in total. The first kappa shape index (κ1) is 13.4. The third-order valence-corrected chi connectivity index (χ3v) is 3.98. The molecular formula is C12H6Br3ClO. The van der Waals surface area contributed by atoms with Crippen LogP contribution in [0.25, 0.3) is 0 Å². The lowest BCUT2D eigenvalue weighted by atomic mass is 10.3. The van der Waals surface area contributed by atoms with Gasteiger partial charge in [0, 0.05) is 9.50 Å². The highest BCUT2D eigenvalue weighted by molar-refractivity contribution is 9.11. The van der Waals surface area contributed by atoms with E-state index in [0.717, 1.165) is 24.9 Å². The highest BCUT2D eigenvalue weighted by Crippen LogP contribution is 2.36. The minimum absolute atomic E-state index is 0.666. The first-order valence-corrected chi connectivity index (χ1v) is 7.40. The van der Waals surface area contributed by atoms with E-state index in [1.165, 1.54) is 0 Å². The number of benzene rings is 2. The lowest BCUT2D eigenvalue weighted by Crippen LogP contribution is -1.86. The molecule has 88 valence electrons. The molecule has 0 heterocycles. The van der Waals surface area contributed by atoms with Gasteiger partial charge in [-0.3, -0.25) is 0 Å². The summed E-state index contributed by atoms with van der Waals surface area (Å²) in [5, 5.41) is 0.666. The van der Waals surface area contributed by atoms with Crippen molar-refractivity contribution in [1.29, 1.82) is 0 Å². The minimum Gasteiger partial charge on any atom is -0.455 e. The summed E-state index contributed by atoms with van der Waals surface area (Å²) in [6.45, 7) is 0. The standard InChI is InChI=1S/C12H6Br3ClO/c13-7-1-3-11(9(14)5-7)17-12-4-2-8(16)6-10(12)15/h1-6H. The first-order valence-electron chi connectivity index (χ1n) is 4.64. The summed E-state index contributed by atoms with van der Waals surface area (Å²) >= 11 is 16.1. The zero-order chi connectivity index (χ0) is 12.4. The van der Waals surface area contributed by atoms with Crippen LogP contribution < -0.4 is 4.74 Å². The SMILES string of the molecule is Clc1ccc(Oc2ccc(Br)cc2Br)c(Br)c1. The molecule has 0 radical (unpaired) electrons. The lowest BCUT2D eigenvalue weighted by Gasteiger charge is -2.09. The van der Waals surface area contributed by atoms with Crippen LogP contribution in [0, 0.1) is 0 Å². The van der Waals surface area contributed by atoms with E-state index in [0.29, 0.717) is 5.02 Å². The van der Waals surface area contributed by atoms with Gasteiger partial charge in [0.25, 0.3) is 0 Å². The monoisotopic (exact) mass is 438 g/mol. The molecule has 17 heavy (non-hydrogen) atoms. The molecule has 5 heteroatoms. The molecule has 0 atom stereocenters. The highest BCUT2D eigenvalue weighted by Gasteiger charge is 2.06. The zero-order valence-electron chi connectivity index (χ0n) is 8.38. The van der Waals surface area contributed by atoms with E-state index in [4.69, 9.17) is 16.3 Å². The van der Waals surface area contributed by atoms with E-state index < -0.39 is 0 Å². The fraction of sp³-hybridized carbons (Fsp3) is 0. The van der Waals surface area contributed by atoms with Gasteiger partial charge in [-0.05, 0) is 68.3 Å². The number of rotatable bonds is 2. The maximum atomic E-state index is 5.87. The average molecular weight is 441 g/mol. The second kappa shape index (κ2) is 5.74. The Morgan fingerprint density at radius 2 is 1.41 bits per heavy atom. The van der Waals surface area contributed by atoms with Crippen LogP contribution >= 0.6 is 59.4 Å². The molecule has 0 saturated carbocycles. The van der Waals surface area contributed by atoms with E-state index in [9.17, 15) is 0 Å². The third kappa shape index (κ3) is 3.47. The van der Waals surface area contributed by atoms with Crippen LogP contribution in [0.4, 0.5) is 0 Å². The van der Waals surface area contributed by atoms with E-state index in [2.05, 4.69) is 47.8 Å². The molecule has 2 rings (SSSR count). The maximum Gasteiger partial charge on any atom is 0.141 e. The molecule has 1 nitrogen and oxygen atoms in total. The van der Waals surface area contributed by atoms with Crippen molar-refractivity contribution in [2.75, 3.05) is 0 Å². The van der Waals surface area contributed by atoms with Gasteiger partial charge in [0.1, 0.15) is 11.5 Å². The Balaban J connectivity index is 2.31. The maximum absolute atomic E-state index is 5.87. The summed E-state index contributed by atoms with van der Waals surface area (Å²) in [5.41, 5.74) is 0. The van der Waals surface area contributed by atoms with Gasteiger partial charge in [-0.2, -0.15) is 0 Å². The Morgan fingerprint density at radius 1 is 0.824 bits per heavy atom. The van der Waals surface area contributed by atoms with Crippen molar-refractivity contribution in [2.24, 2.45) is 0 Å². The first-order chi connectivity index (χ1) is 8.06. The molecule has 0 fully saturated rings. The number of hydrogen-bond donors (Lipinski definition) is 0. The predicted octanol–water partition coefficient (Wildman–Crippen LogP) is 6.42. The third-order valence-electron chi connectivity index (χ3n) is 2.01. The summed E-state index contributed by atoms with van der Waals surface area (Å²) in [5.74, 6) is 1.47. The lowest BCUT2D eigenvalue weighted by molar-refractivity contribution is 0.476. The fourth-order valence-corrected chi connectivity index (χ4v) is 3.13. The molecule has 0 aromatic heterocycles. The van der Waals surface area contributed by atoms with Crippen LogP contribution in [0.3, 0.4) is 0 Å². The fourth-order valence-electron chi connectivity index (χ4n) is 1.23. The molecule has 0 aliphatic rings. The molecule has 0 aliphatic heterocycles.